The first-order valence-corrected chi connectivity index (χ1v) is 13.1. The van der Waals surface area contributed by atoms with Gasteiger partial charge in [0.1, 0.15) is 17.5 Å². The van der Waals surface area contributed by atoms with Crippen LogP contribution in [0, 0.1) is 11.6 Å². The number of anilines is 1. The fourth-order valence-corrected chi connectivity index (χ4v) is 5.12. The molecule has 0 aliphatic heterocycles. The lowest BCUT2D eigenvalue weighted by atomic mass is 9.95. The first-order valence-electron chi connectivity index (χ1n) is 13.1. The van der Waals surface area contributed by atoms with Crippen molar-refractivity contribution < 1.29 is 22.4 Å². The van der Waals surface area contributed by atoms with Crippen molar-refractivity contribution in [2.45, 2.75) is 37.6 Å². The summed E-state index contributed by atoms with van der Waals surface area (Å²) in [6, 6.07) is 15.9. The topological polar surface area (TPSA) is 79.8 Å². The van der Waals surface area contributed by atoms with Crippen LogP contribution in [0.2, 0.25) is 0 Å². The Balaban J connectivity index is 1.41. The van der Waals surface area contributed by atoms with Gasteiger partial charge in [-0.1, -0.05) is 24.3 Å². The van der Waals surface area contributed by atoms with Gasteiger partial charge in [-0.15, -0.1) is 0 Å². The molecule has 0 spiro atoms. The van der Waals surface area contributed by atoms with E-state index in [1.54, 1.807) is 35.0 Å². The summed E-state index contributed by atoms with van der Waals surface area (Å²) in [6.45, 7) is 0. The standard InChI is InChI=1S/C31H24F4N4O2/c32-20-5-1-17(2-6-20)23(16-25(34)35)30(40)38-26-15-19(11-13-36-26)29-27(18-3-7-21(33)8-4-18)28-24(37-29)12-14-39(31(28)41)22-9-10-22/h1-8,11-15,22-23,25,37H,9-10,16H2,(H,36,38,40)/t23-/m0/s1. The molecule has 2 aromatic carbocycles. The second-order valence-electron chi connectivity index (χ2n) is 10.1. The number of nitrogens with zero attached hydrogens (tertiary/aromatic N) is 2. The second kappa shape index (κ2) is 10.7. The van der Waals surface area contributed by atoms with Crippen molar-refractivity contribution in [3.05, 3.63) is 107 Å². The number of rotatable bonds is 8. The SMILES string of the molecule is O=C(Nc1cc(-c2[nH]c3ccn(C4CC4)c(=O)c3c2-c2ccc(F)cc2)ccn1)[C@@H](CC(F)F)c1ccc(F)cc1. The van der Waals surface area contributed by atoms with Crippen LogP contribution >= 0.6 is 0 Å². The predicted molar refractivity (Wildman–Crippen MR) is 148 cm³/mol. The predicted octanol–water partition coefficient (Wildman–Crippen LogP) is 7.05. The number of alkyl halides is 2. The van der Waals surface area contributed by atoms with Gasteiger partial charge in [-0.2, -0.15) is 0 Å². The minimum atomic E-state index is -2.76. The highest BCUT2D eigenvalue weighted by Gasteiger charge is 2.28. The van der Waals surface area contributed by atoms with Crippen LogP contribution in [0.3, 0.4) is 0 Å². The van der Waals surface area contributed by atoms with E-state index < -0.39 is 36.3 Å². The zero-order valence-electron chi connectivity index (χ0n) is 21.6. The largest absolute Gasteiger partial charge is 0.354 e. The third kappa shape index (κ3) is 5.37. The van der Waals surface area contributed by atoms with Gasteiger partial charge in [-0.05, 0) is 66.4 Å². The number of fused-ring (bicyclic) bond motifs is 1. The minimum absolute atomic E-state index is 0.105. The van der Waals surface area contributed by atoms with E-state index >= 15 is 0 Å². The highest BCUT2D eigenvalue weighted by Crippen LogP contribution is 2.39. The monoisotopic (exact) mass is 560 g/mol. The van der Waals surface area contributed by atoms with Crippen molar-refractivity contribution in [1.82, 2.24) is 14.5 Å². The lowest BCUT2D eigenvalue weighted by Crippen LogP contribution is -2.23. The van der Waals surface area contributed by atoms with E-state index in [4.69, 9.17) is 0 Å². The van der Waals surface area contributed by atoms with Gasteiger partial charge < -0.3 is 14.9 Å². The molecule has 5 aromatic rings. The first kappa shape index (κ1) is 26.5. The van der Waals surface area contributed by atoms with Crippen LogP contribution in [0.4, 0.5) is 23.4 Å². The molecule has 0 radical (unpaired) electrons. The fourth-order valence-electron chi connectivity index (χ4n) is 5.12. The average Bonchev–Trinajstić information content (AvgIpc) is 3.72. The Bertz CT molecular complexity index is 1790. The molecule has 41 heavy (non-hydrogen) atoms. The third-order valence-electron chi connectivity index (χ3n) is 7.25. The molecule has 0 saturated heterocycles. The molecule has 6 nitrogen and oxygen atoms in total. The van der Waals surface area contributed by atoms with Crippen LogP contribution in [0.1, 0.15) is 36.8 Å². The van der Waals surface area contributed by atoms with Gasteiger partial charge in [0.2, 0.25) is 12.3 Å². The summed E-state index contributed by atoms with van der Waals surface area (Å²) in [5.74, 6) is -2.81. The van der Waals surface area contributed by atoms with Crippen molar-refractivity contribution in [1.29, 1.82) is 0 Å². The van der Waals surface area contributed by atoms with Gasteiger partial charge in [0.25, 0.3) is 5.56 Å². The molecule has 3 heterocycles. The average molecular weight is 561 g/mol. The summed E-state index contributed by atoms with van der Waals surface area (Å²) < 4.78 is 55.6. The third-order valence-corrected chi connectivity index (χ3v) is 7.25. The van der Waals surface area contributed by atoms with E-state index in [9.17, 15) is 27.2 Å². The summed E-state index contributed by atoms with van der Waals surface area (Å²) in [5.41, 5.74) is 2.99. The molecule has 1 aliphatic carbocycles. The molecule has 1 fully saturated rings. The molecule has 1 aliphatic rings. The normalized spacial score (nSPS) is 14.0. The Morgan fingerprint density at radius 1 is 0.976 bits per heavy atom. The summed E-state index contributed by atoms with van der Waals surface area (Å²) >= 11 is 0. The number of H-pyrrole nitrogens is 1. The molecule has 2 N–H and O–H groups in total. The van der Waals surface area contributed by atoms with Crippen molar-refractivity contribution in [3.63, 3.8) is 0 Å². The Hall–Kier alpha value is -4.73. The van der Waals surface area contributed by atoms with E-state index in [2.05, 4.69) is 15.3 Å². The number of nitrogens with one attached hydrogen (secondary N) is 2. The van der Waals surface area contributed by atoms with Gasteiger partial charge in [0, 0.05) is 36.0 Å². The number of amides is 1. The first-order chi connectivity index (χ1) is 19.8. The van der Waals surface area contributed by atoms with Crippen LogP contribution in [-0.4, -0.2) is 26.9 Å². The number of carbonyl (C=O) groups is 1. The molecule has 1 saturated carbocycles. The van der Waals surface area contributed by atoms with E-state index in [0.717, 1.165) is 25.0 Å². The van der Waals surface area contributed by atoms with Gasteiger partial charge in [0.15, 0.2) is 0 Å². The quantitative estimate of drug-likeness (QED) is 0.200. The van der Waals surface area contributed by atoms with Gasteiger partial charge in [-0.3, -0.25) is 9.59 Å². The van der Waals surface area contributed by atoms with E-state index in [1.807, 2.05) is 6.07 Å². The number of aromatic nitrogens is 3. The highest BCUT2D eigenvalue weighted by atomic mass is 19.3. The molecular formula is C31H24F4N4O2. The van der Waals surface area contributed by atoms with Crippen molar-refractivity contribution >= 4 is 22.6 Å². The number of halogens is 4. The summed E-state index contributed by atoms with van der Waals surface area (Å²) in [5, 5.41) is 3.06. The zero-order valence-corrected chi connectivity index (χ0v) is 21.6. The maximum absolute atomic E-state index is 13.8. The zero-order chi connectivity index (χ0) is 28.7. The number of aromatic amines is 1. The lowest BCUT2D eigenvalue weighted by Gasteiger charge is -2.17. The van der Waals surface area contributed by atoms with Crippen molar-refractivity contribution in [2.75, 3.05) is 5.32 Å². The molecule has 6 rings (SSSR count). The Labute approximate surface area is 231 Å². The van der Waals surface area contributed by atoms with Crippen LogP contribution in [0.5, 0.6) is 0 Å². The molecule has 208 valence electrons. The van der Waals surface area contributed by atoms with Gasteiger partial charge in [-0.25, -0.2) is 22.5 Å². The summed E-state index contributed by atoms with van der Waals surface area (Å²) in [7, 11) is 0. The summed E-state index contributed by atoms with van der Waals surface area (Å²) in [6.07, 6.45) is 1.54. The fraction of sp³-hybridized carbons (Fsp3) is 0.194. The maximum Gasteiger partial charge on any atom is 0.260 e. The molecule has 1 amide bonds. The summed E-state index contributed by atoms with van der Waals surface area (Å²) in [4.78, 5) is 34.2. The van der Waals surface area contributed by atoms with E-state index in [1.165, 1.54) is 30.5 Å². The number of hydrogen-bond acceptors (Lipinski definition) is 3. The van der Waals surface area contributed by atoms with Crippen LogP contribution < -0.4 is 10.9 Å². The number of hydrogen-bond donors (Lipinski definition) is 2. The molecule has 3 aromatic heterocycles. The van der Waals surface area contributed by atoms with E-state index in [0.29, 0.717) is 33.3 Å². The highest BCUT2D eigenvalue weighted by molar-refractivity contribution is 6.04. The minimum Gasteiger partial charge on any atom is -0.354 e. The molecule has 0 bridgehead atoms. The molecule has 10 heteroatoms. The Morgan fingerprint density at radius 2 is 1.66 bits per heavy atom. The molecule has 1 atom stereocenters. The Morgan fingerprint density at radius 3 is 2.32 bits per heavy atom. The smallest absolute Gasteiger partial charge is 0.260 e. The van der Waals surface area contributed by atoms with Crippen LogP contribution in [-0.2, 0) is 4.79 Å². The van der Waals surface area contributed by atoms with Gasteiger partial charge >= 0.3 is 0 Å². The lowest BCUT2D eigenvalue weighted by molar-refractivity contribution is -0.118. The van der Waals surface area contributed by atoms with E-state index in [-0.39, 0.29) is 23.0 Å². The van der Waals surface area contributed by atoms with Crippen molar-refractivity contribution in [2.24, 2.45) is 0 Å². The number of pyridine rings is 2. The van der Waals surface area contributed by atoms with Crippen molar-refractivity contribution in [3.8, 4) is 22.4 Å². The van der Waals surface area contributed by atoms with Crippen LogP contribution in [0.25, 0.3) is 33.3 Å². The number of carbonyl (C=O) groups excluding carboxylic acids is 1. The van der Waals surface area contributed by atoms with Gasteiger partial charge in [0.05, 0.1) is 22.5 Å². The molecular weight excluding hydrogens is 536 g/mol. The van der Waals surface area contributed by atoms with Crippen LogP contribution in [0.15, 0.2) is 83.9 Å². The second-order valence-corrected chi connectivity index (χ2v) is 10.1. The Kier molecular flexibility index (Phi) is 6.90. The molecule has 0 unspecified atom stereocenters. The maximum atomic E-state index is 13.8. The number of benzene rings is 2.